The minimum atomic E-state index is -0.158. The van der Waals surface area contributed by atoms with E-state index in [1.807, 2.05) is 31.0 Å². The average Bonchev–Trinajstić information content (AvgIpc) is 3.20. The third-order valence-electron chi connectivity index (χ3n) is 3.37. The number of nitrogens with zero attached hydrogens (tertiary/aromatic N) is 1. The lowest BCUT2D eigenvalue weighted by Crippen LogP contribution is -2.23. The number of hydrogen-bond acceptors (Lipinski definition) is 3. The van der Waals surface area contributed by atoms with E-state index in [0.717, 1.165) is 12.1 Å². The van der Waals surface area contributed by atoms with Crippen LogP contribution in [0.2, 0.25) is 0 Å². The molecule has 19 heavy (non-hydrogen) atoms. The number of nitrogens with one attached hydrogen (secondary N) is 1. The van der Waals surface area contributed by atoms with E-state index >= 15 is 0 Å². The van der Waals surface area contributed by atoms with Gasteiger partial charge >= 0.3 is 0 Å². The van der Waals surface area contributed by atoms with Crippen LogP contribution in [0.15, 0.2) is 18.2 Å². The number of ether oxygens (including phenoxy) is 1. The van der Waals surface area contributed by atoms with Crippen LogP contribution in [0.3, 0.4) is 0 Å². The molecule has 0 spiro atoms. The highest BCUT2D eigenvalue weighted by Crippen LogP contribution is 2.22. The molecule has 0 radical (unpaired) electrons. The maximum Gasteiger partial charge on any atom is 0.146 e. The monoisotopic (exact) mass is 266 g/mol. The van der Waals surface area contributed by atoms with Gasteiger partial charge in [-0.15, -0.1) is 0 Å². The van der Waals surface area contributed by atoms with Gasteiger partial charge in [-0.2, -0.15) is 0 Å². The number of anilines is 1. The van der Waals surface area contributed by atoms with Crippen LogP contribution in [-0.2, 0) is 11.3 Å². The van der Waals surface area contributed by atoms with Crippen molar-refractivity contribution >= 4 is 5.69 Å². The van der Waals surface area contributed by atoms with Gasteiger partial charge in [-0.3, -0.25) is 0 Å². The first-order valence-corrected chi connectivity index (χ1v) is 7.01. The Morgan fingerprint density at radius 1 is 1.42 bits per heavy atom. The Morgan fingerprint density at radius 2 is 2.21 bits per heavy atom. The summed E-state index contributed by atoms with van der Waals surface area (Å²) in [5.74, 6) is -0.158. The molecule has 0 unspecified atom stereocenters. The van der Waals surface area contributed by atoms with Crippen LogP contribution in [0, 0.1) is 5.82 Å². The highest BCUT2D eigenvalue weighted by Gasteiger charge is 2.20. The Kier molecular flexibility index (Phi) is 5.16. The van der Waals surface area contributed by atoms with Gasteiger partial charge in [0.2, 0.25) is 0 Å². The molecule has 0 bridgehead atoms. The van der Waals surface area contributed by atoms with Crippen molar-refractivity contribution in [2.75, 3.05) is 31.7 Å². The number of likely N-dealkylation sites (N-methyl/N-ethyl adjacent to an activating group) is 1. The van der Waals surface area contributed by atoms with Crippen molar-refractivity contribution in [3.63, 3.8) is 0 Å². The van der Waals surface area contributed by atoms with Crippen LogP contribution in [0.4, 0.5) is 10.1 Å². The maximum atomic E-state index is 14.0. The Morgan fingerprint density at radius 3 is 2.84 bits per heavy atom. The van der Waals surface area contributed by atoms with E-state index in [4.69, 9.17) is 4.74 Å². The SMILES string of the molecule is CCOCCN(C)c1ccc(CNC2CC2)cc1F. The summed E-state index contributed by atoms with van der Waals surface area (Å²) in [4.78, 5) is 1.89. The second-order valence-electron chi connectivity index (χ2n) is 5.06. The molecule has 1 aromatic rings. The fourth-order valence-electron chi connectivity index (χ4n) is 1.99. The molecule has 2 rings (SSSR count). The lowest BCUT2D eigenvalue weighted by Gasteiger charge is -2.20. The van der Waals surface area contributed by atoms with Crippen molar-refractivity contribution in [3.8, 4) is 0 Å². The Labute approximate surface area is 114 Å². The first-order valence-electron chi connectivity index (χ1n) is 7.01. The van der Waals surface area contributed by atoms with E-state index < -0.39 is 0 Å². The van der Waals surface area contributed by atoms with Crippen LogP contribution < -0.4 is 10.2 Å². The van der Waals surface area contributed by atoms with Crippen LogP contribution in [-0.4, -0.2) is 32.8 Å². The van der Waals surface area contributed by atoms with Crippen LogP contribution in [0.25, 0.3) is 0 Å². The van der Waals surface area contributed by atoms with E-state index in [-0.39, 0.29) is 5.82 Å². The van der Waals surface area contributed by atoms with Gasteiger partial charge < -0.3 is 15.0 Å². The quantitative estimate of drug-likeness (QED) is 0.732. The second kappa shape index (κ2) is 6.87. The van der Waals surface area contributed by atoms with Gasteiger partial charge in [0.15, 0.2) is 0 Å². The molecule has 1 saturated carbocycles. The molecular weight excluding hydrogens is 243 g/mol. The fraction of sp³-hybridized carbons (Fsp3) is 0.600. The molecule has 1 fully saturated rings. The number of benzene rings is 1. The summed E-state index contributed by atoms with van der Waals surface area (Å²) in [6, 6.07) is 6.12. The normalized spacial score (nSPS) is 14.7. The van der Waals surface area contributed by atoms with Gasteiger partial charge in [0.05, 0.1) is 12.3 Å². The molecule has 0 amide bonds. The van der Waals surface area contributed by atoms with Crippen LogP contribution in [0.1, 0.15) is 25.3 Å². The van der Waals surface area contributed by atoms with E-state index in [1.165, 1.54) is 12.8 Å². The molecule has 3 nitrogen and oxygen atoms in total. The number of halogens is 1. The van der Waals surface area contributed by atoms with Gasteiger partial charge in [-0.05, 0) is 37.5 Å². The summed E-state index contributed by atoms with van der Waals surface area (Å²) >= 11 is 0. The van der Waals surface area contributed by atoms with Crippen LogP contribution in [0.5, 0.6) is 0 Å². The first kappa shape index (κ1) is 14.3. The third kappa shape index (κ3) is 4.48. The molecule has 0 aromatic heterocycles. The highest BCUT2D eigenvalue weighted by atomic mass is 19.1. The lowest BCUT2D eigenvalue weighted by atomic mass is 10.2. The summed E-state index contributed by atoms with van der Waals surface area (Å²) in [5.41, 5.74) is 1.64. The van der Waals surface area contributed by atoms with Crippen molar-refractivity contribution in [1.29, 1.82) is 0 Å². The molecule has 1 aliphatic carbocycles. The first-order chi connectivity index (χ1) is 9.20. The maximum absolute atomic E-state index is 14.0. The minimum Gasteiger partial charge on any atom is -0.380 e. The molecule has 1 N–H and O–H groups in total. The van der Waals surface area contributed by atoms with Gasteiger partial charge in [-0.25, -0.2) is 4.39 Å². The summed E-state index contributed by atoms with van der Waals surface area (Å²) in [5, 5.41) is 3.39. The standard InChI is InChI=1S/C15H23FN2O/c1-3-19-9-8-18(2)15-7-4-12(10-14(15)16)11-17-13-5-6-13/h4,7,10,13,17H,3,5-6,8-9,11H2,1-2H3. The molecule has 1 aromatic carbocycles. The summed E-state index contributed by atoms with van der Waals surface area (Å²) in [6.07, 6.45) is 2.50. The van der Waals surface area contributed by atoms with Crippen molar-refractivity contribution in [2.45, 2.75) is 32.4 Å². The van der Waals surface area contributed by atoms with Crippen molar-refractivity contribution in [3.05, 3.63) is 29.6 Å². The molecular formula is C15H23FN2O. The zero-order valence-corrected chi connectivity index (χ0v) is 11.8. The smallest absolute Gasteiger partial charge is 0.146 e. The highest BCUT2D eigenvalue weighted by molar-refractivity contribution is 5.48. The molecule has 4 heteroatoms. The topological polar surface area (TPSA) is 24.5 Å². The van der Waals surface area contributed by atoms with Gasteiger partial charge in [-0.1, -0.05) is 6.07 Å². The van der Waals surface area contributed by atoms with E-state index in [2.05, 4.69) is 5.32 Å². The van der Waals surface area contributed by atoms with Gasteiger partial charge in [0.1, 0.15) is 5.82 Å². The minimum absolute atomic E-state index is 0.158. The third-order valence-corrected chi connectivity index (χ3v) is 3.37. The average molecular weight is 266 g/mol. The summed E-state index contributed by atoms with van der Waals surface area (Å²) in [6.45, 7) is 4.73. The van der Waals surface area contributed by atoms with Gasteiger partial charge in [0.25, 0.3) is 0 Å². The van der Waals surface area contributed by atoms with Gasteiger partial charge in [0, 0.05) is 32.8 Å². The predicted molar refractivity (Wildman–Crippen MR) is 76.0 cm³/mol. The zero-order chi connectivity index (χ0) is 13.7. The van der Waals surface area contributed by atoms with E-state index in [1.54, 1.807) is 6.07 Å². The Hall–Kier alpha value is -1.13. The van der Waals surface area contributed by atoms with Crippen molar-refractivity contribution < 1.29 is 9.13 Å². The van der Waals surface area contributed by atoms with Crippen LogP contribution >= 0.6 is 0 Å². The largest absolute Gasteiger partial charge is 0.380 e. The van der Waals surface area contributed by atoms with E-state index in [9.17, 15) is 4.39 Å². The van der Waals surface area contributed by atoms with E-state index in [0.29, 0.717) is 31.5 Å². The second-order valence-corrected chi connectivity index (χ2v) is 5.06. The Bertz CT molecular complexity index is 407. The molecule has 1 aliphatic rings. The molecule has 0 saturated heterocycles. The summed E-state index contributed by atoms with van der Waals surface area (Å²) < 4.78 is 19.3. The summed E-state index contributed by atoms with van der Waals surface area (Å²) in [7, 11) is 1.89. The molecule has 0 atom stereocenters. The lowest BCUT2D eigenvalue weighted by molar-refractivity contribution is 0.154. The zero-order valence-electron chi connectivity index (χ0n) is 11.8. The fourth-order valence-corrected chi connectivity index (χ4v) is 1.99. The molecule has 0 heterocycles. The van der Waals surface area contributed by atoms with Crippen molar-refractivity contribution in [2.24, 2.45) is 0 Å². The number of rotatable bonds is 8. The Balaban J connectivity index is 1.89. The predicted octanol–water partition coefficient (Wildman–Crippen LogP) is 2.55. The molecule has 106 valence electrons. The number of hydrogen-bond donors (Lipinski definition) is 1. The molecule has 0 aliphatic heterocycles. The van der Waals surface area contributed by atoms with Crippen molar-refractivity contribution in [1.82, 2.24) is 5.32 Å².